The second-order valence-electron chi connectivity index (χ2n) is 7.05. The summed E-state index contributed by atoms with van der Waals surface area (Å²) in [4.78, 5) is 20.9. The van der Waals surface area contributed by atoms with Gasteiger partial charge in [-0.05, 0) is 42.0 Å². The maximum Gasteiger partial charge on any atom is 0.321 e. The number of nitrogens with one attached hydrogen (secondary N) is 1. The maximum absolute atomic E-state index is 12.7. The second-order valence-corrected chi connectivity index (χ2v) is 8.05. The average Bonchev–Trinajstić information content (AvgIpc) is 2.79. The van der Waals surface area contributed by atoms with Crippen molar-refractivity contribution in [2.75, 3.05) is 36.4 Å². The SMILES string of the molecule is O=C(Nc1cccc(CSc2ccccn2)c1)N1CCN(c2ccccc2O)CC1. The number of aromatic nitrogens is 1. The van der Waals surface area contributed by atoms with Crippen molar-refractivity contribution >= 4 is 29.2 Å². The molecule has 2 aromatic carbocycles. The average molecular weight is 421 g/mol. The fourth-order valence-corrected chi connectivity index (χ4v) is 4.22. The predicted molar refractivity (Wildman–Crippen MR) is 121 cm³/mol. The highest BCUT2D eigenvalue weighted by molar-refractivity contribution is 7.98. The van der Waals surface area contributed by atoms with Gasteiger partial charge in [0, 0.05) is 43.8 Å². The molecule has 0 atom stereocenters. The van der Waals surface area contributed by atoms with Gasteiger partial charge in [0.1, 0.15) is 5.75 Å². The number of hydrogen-bond donors (Lipinski definition) is 2. The molecule has 1 aromatic heterocycles. The molecular weight excluding hydrogens is 396 g/mol. The van der Waals surface area contributed by atoms with Gasteiger partial charge in [-0.1, -0.05) is 30.3 Å². The van der Waals surface area contributed by atoms with Crippen molar-refractivity contribution in [3.63, 3.8) is 0 Å². The van der Waals surface area contributed by atoms with E-state index in [4.69, 9.17) is 0 Å². The fraction of sp³-hybridized carbons (Fsp3) is 0.217. The summed E-state index contributed by atoms with van der Waals surface area (Å²) in [5.41, 5.74) is 2.74. The van der Waals surface area contributed by atoms with E-state index in [0.717, 1.165) is 27.7 Å². The van der Waals surface area contributed by atoms with Crippen LogP contribution >= 0.6 is 11.8 Å². The van der Waals surface area contributed by atoms with Gasteiger partial charge in [-0.15, -0.1) is 11.8 Å². The number of piperazine rings is 1. The van der Waals surface area contributed by atoms with E-state index in [1.165, 1.54) is 0 Å². The van der Waals surface area contributed by atoms with E-state index in [2.05, 4.69) is 21.3 Å². The summed E-state index contributed by atoms with van der Waals surface area (Å²) in [6.45, 7) is 2.59. The van der Waals surface area contributed by atoms with Crippen molar-refractivity contribution in [1.29, 1.82) is 0 Å². The number of nitrogens with zero attached hydrogens (tertiary/aromatic N) is 3. The van der Waals surface area contributed by atoms with Gasteiger partial charge in [0.15, 0.2) is 0 Å². The first-order valence-corrected chi connectivity index (χ1v) is 10.9. The van der Waals surface area contributed by atoms with Crippen molar-refractivity contribution in [3.05, 3.63) is 78.5 Å². The number of phenols is 1. The van der Waals surface area contributed by atoms with Crippen LogP contribution in [0.15, 0.2) is 78.0 Å². The van der Waals surface area contributed by atoms with Gasteiger partial charge in [0.25, 0.3) is 0 Å². The van der Waals surface area contributed by atoms with Gasteiger partial charge >= 0.3 is 6.03 Å². The summed E-state index contributed by atoms with van der Waals surface area (Å²) in [6.07, 6.45) is 1.79. The first kappa shape index (κ1) is 20.1. The van der Waals surface area contributed by atoms with E-state index < -0.39 is 0 Å². The molecular formula is C23H24N4O2S. The number of anilines is 2. The lowest BCUT2D eigenvalue weighted by atomic mass is 10.2. The number of carbonyl (C=O) groups is 1. The van der Waals surface area contributed by atoms with Gasteiger partial charge in [-0.3, -0.25) is 0 Å². The first-order chi connectivity index (χ1) is 14.7. The minimum atomic E-state index is -0.0959. The number of aromatic hydroxyl groups is 1. The second kappa shape index (κ2) is 9.54. The number of amides is 2. The number of carbonyl (C=O) groups excluding carboxylic acids is 1. The van der Waals surface area contributed by atoms with Crippen LogP contribution in [-0.4, -0.2) is 47.2 Å². The van der Waals surface area contributed by atoms with Crippen LogP contribution in [0.4, 0.5) is 16.2 Å². The highest BCUT2D eigenvalue weighted by Gasteiger charge is 2.22. The first-order valence-electron chi connectivity index (χ1n) is 9.91. The Morgan fingerprint density at radius 1 is 1.00 bits per heavy atom. The third kappa shape index (κ3) is 5.04. The summed E-state index contributed by atoms with van der Waals surface area (Å²) in [6, 6.07) is 21.0. The number of benzene rings is 2. The molecule has 0 saturated carbocycles. The predicted octanol–water partition coefficient (Wildman–Crippen LogP) is 4.43. The van der Waals surface area contributed by atoms with Crippen LogP contribution < -0.4 is 10.2 Å². The maximum atomic E-state index is 12.7. The molecule has 1 saturated heterocycles. The summed E-state index contributed by atoms with van der Waals surface area (Å²) in [5, 5.41) is 14.0. The standard InChI is InChI=1S/C23H24N4O2S/c28-21-9-2-1-8-20(21)26-12-14-27(15-13-26)23(29)25-19-7-5-6-18(16-19)17-30-22-10-3-4-11-24-22/h1-11,16,28H,12-15,17H2,(H,25,29). The minimum Gasteiger partial charge on any atom is -0.506 e. The van der Waals surface area contributed by atoms with Gasteiger partial charge in [0.05, 0.1) is 10.7 Å². The van der Waals surface area contributed by atoms with Gasteiger partial charge in [-0.2, -0.15) is 0 Å². The van der Waals surface area contributed by atoms with Crippen LogP contribution in [0.25, 0.3) is 0 Å². The smallest absolute Gasteiger partial charge is 0.321 e. The van der Waals surface area contributed by atoms with E-state index in [9.17, 15) is 9.90 Å². The van der Waals surface area contributed by atoms with Crippen LogP contribution in [0.2, 0.25) is 0 Å². The zero-order valence-corrected chi connectivity index (χ0v) is 17.4. The Balaban J connectivity index is 1.30. The highest BCUT2D eigenvalue weighted by atomic mass is 32.2. The molecule has 0 bridgehead atoms. The van der Waals surface area contributed by atoms with Crippen LogP contribution in [0, 0.1) is 0 Å². The van der Waals surface area contributed by atoms with Crippen molar-refractivity contribution in [2.24, 2.45) is 0 Å². The Labute approximate surface area is 180 Å². The lowest BCUT2D eigenvalue weighted by Crippen LogP contribution is -2.50. The third-order valence-electron chi connectivity index (χ3n) is 4.99. The fourth-order valence-electron chi connectivity index (χ4n) is 3.41. The Hall–Kier alpha value is -3.19. The quantitative estimate of drug-likeness (QED) is 0.598. The molecule has 0 radical (unpaired) electrons. The summed E-state index contributed by atoms with van der Waals surface area (Å²) in [5.74, 6) is 1.07. The lowest BCUT2D eigenvalue weighted by Gasteiger charge is -2.36. The highest BCUT2D eigenvalue weighted by Crippen LogP contribution is 2.27. The van der Waals surface area contributed by atoms with E-state index >= 15 is 0 Å². The molecule has 154 valence electrons. The Kier molecular flexibility index (Phi) is 6.39. The molecule has 1 aliphatic heterocycles. The van der Waals surface area contributed by atoms with E-state index in [-0.39, 0.29) is 11.8 Å². The zero-order valence-electron chi connectivity index (χ0n) is 16.6. The van der Waals surface area contributed by atoms with E-state index in [1.54, 1.807) is 24.0 Å². The molecule has 6 nitrogen and oxygen atoms in total. The van der Waals surface area contributed by atoms with E-state index in [1.807, 2.05) is 59.5 Å². The topological polar surface area (TPSA) is 68.7 Å². The van der Waals surface area contributed by atoms with Crippen LogP contribution in [0.5, 0.6) is 5.75 Å². The number of urea groups is 1. The summed E-state index contributed by atoms with van der Waals surface area (Å²) >= 11 is 1.67. The number of para-hydroxylation sites is 2. The Morgan fingerprint density at radius 3 is 2.57 bits per heavy atom. The molecule has 30 heavy (non-hydrogen) atoms. The molecule has 4 rings (SSSR count). The monoisotopic (exact) mass is 420 g/mol. The largest absolute Gasteiger partial charge is 0.506 e. The molecule has 1 fully saturated rings. The zero-order chi connectivity index (χ0) is 20.8. The molecule has 0 aliphatic carbocycles. The summed E-state index contributed by atoms with van der Waals surface area (Å²) < 4.78 is 0. The van der Waals surface area contributed by atoms with Crippen LogP contribution in [-0.2, 0) is 5.75 Å². The lowest BCUT2D eigenvalue weighted by molar-refractivity contribution is 0.208. The molecule has 2 amide bonds. The molecule has 1 aliphatic rings. The van der Waals surface area contributed by atoms with Crippen molar-refractivity contribution in [1.82, 2.24) is 9.88 Å². The Morgan fingerprint density at radius 2 is 1.80 bits per heavy atom. The van der Waals surface area contributed by atoms with Crippen molar-refractivity contribution < 1.29 is 9.90 Å². The number of rotatable bonds is 5. The Bertz CT molecular complexity index is 991. The summed E-state index contributed by atoms with van der Waals surface area (Å²) in [7, 11) is 0. The van der Waals surface area contributed by atoms with Gasteiger partial charge in [0.2, 0.25) is 0 Å². The molecule has 3 aromatic rings. The third-order valence-corrected chi connectivity index (χ3v) is 6.01. The molecule has 0 unspecified atom stereocenters. The van der Waals surface area contributed by atoms with Gasteiger partial charge in [-0.25, -0.2) is 9.78 Å². The molecule has 7 heteroatoms. The van der Waals surface area contributed by atoms with E-state index in [0.29, 0.717) is 26.2 Å². The normalized spacial score (nSPS) is 13.9. The van der Waals surface area contributed by atoms with Crippen LogP contribution in [0.1, 0.15) is 5.56 Å². The minimum absolute atomic E-state index is 0.0959. The molecule has 2 N–H and O–H groups in total. The number of hydrogen-bond acceptors (Lipinski definition) is 5. The number of pyridine rings is 1. The number of phenolic OH excluding ortho intramolecular Hbond substituents is 1. The van der Waals surface area contributed by atoms with Crippen molar-refractivity contribution in [3.8, 4) is 5.75 Å². The number of thioether (sulfide) groups is 1. The van der Waals surface area contributed by atoms with Gasteiger partial charge < -0.3 is 20.2 Å². The van der Waals surface area contributed by atoms with Crippen LogP contribution in [0.3, 0.4) is 0 Å². The molecule has 2 heterocycles. The van der Waals surface area contributed by atoms with Crippen molar-refractivity contribution in [2.45, 2.75) is 10.8 Å². The molecule has 0 spiro atoms.